The minimum absolute atomic E-state index is 0.170. The molecule has 5 fully saturated rings. The maximum Gasteiger partial charge on any atom is 0.275 e. The zero-order valence-corrected chi connectivity index (χ0v) is 15.2. The van der Waals surface area contributed by atoms with Gasteiger partial charge in [-0.2, -0.15) is 0 Å². The van der Waals surface area contributed by atoms with Crippen LogP contribution in [0.3, 0.4) is 0 Å². The van der Waals surface area contributed by atoms with Gasteiger partial charge >= 0.3 is 0 Å². The molecule has 2 atom stereocenters. The van der Waals surface area contributed by atoms with Crippen molar-refractivity contribution >= 4 is 17.2 Å². The predicted molar refractivity (Wildman–Crippen MR) is 96.0 cm³/mol. The molecule has 5 aliphatic rings. The van der Waals surface area contributed by atoms with Crippen LogP contribution >= 0.6 is 11.3 Å². The fourth-order valence-corrected chi connectivity index (χ4v) is 7.69. The van der Waals surface area contributed by atoms with Crippen molar-refractivity contribution in [2.24, 2.45) is 17.8 Å². The highest BCUT2D eigenvalue weighted by atomic mass is 32.1. The molecule has 1 aromatic rings. The van der Waals surface area contributed by atoms with Gasteiger partial charge in [0.15, 0.2) is 6.54 Å². The molecule has 2 heterocycles. The second-order valence-corrected chi connectivity index (χ2v) is 10.0. The third-order valence-corrected chi connectivity index (χ3v) is 8.19. The van der Waals surface area contributed by atoms with Crippen LogP contribution in [0, 0.1) is 17.8 Å². The number of quaternary nitrogens is 1. The third-order valence-electron chi connectivity index (χ3n) is 7.20. The van der Waals surface area contributed by atoms with Crippen molar-refractivity contribution in [3.8, 4) is 0 Å². The van der Waals surface area contributed by atoms with Crippen molar-refractivity contribution in [1.29, 1.82) is 0 Å². The molecule has 1 aliphatic heterocycles. The number of carbonyl (C=O) groups excluding carboxylic acids is 1. The van der Waals surface area contributed by atoms with E-state index in [1.807, 2.05) is 11.3 Å². The largest absolute Gasteiger partial charge is 0.346 e. The van der Waals surface area contributed by atoms with Gasteiger partial charge in [-0.3, -0.25) is 4.79 Å². The summed E-state index contributed by atoms with van der Waals surface area (Å²) in [6.07, 6.45) is 10.6. The minimum atomic E-state index is 0.170. The van der Waals surface area contributed by atoms with Gasteiger partial charge in [-0.25, -0.2) is 0 Å². The van der Waals surface area contributed by atoms with E-state index < -0.39 is 0 Å². The number of hydrogen-bond donors (Lipinski definition) is 2. The summed E-state index contributed by atoms with van der Waals surface area (Å²) in [6.45, 7) is 1.82. The lowest BCUT2D eigenvalue weighted by Gasteiger charge is -2.56. The number of amides is 1. The number of hydrogen-bond acceptors (Lipinski definition) is 2. The molecule has 1 aromatic heterocycles. The Hall–Kier alpha value is -0.870. The van der Waals surface area contributed by atoms with Crippen molar-refractivity contribution in [2.45, 2.75) is 62.9 Å². The Bertz CT molecular complexity index is 576. The Kier molecular flexibility index (Phi) is 3.75. The number of nitrogens with one attached hydrogen (secondary N) is 2. The molecular weight excluding hydrogens is 316 g/mol. The molecule has 1 unspecified atom stereocenters. The molecule has 3 nitrogen and oxygen atoms in total. The second kappa shape index (κ2) is 5.84. The first-order valence-corrected chi connectivity index (χ1v) is 10.8. The van der Waals surface area contributed by atoms with Crippen LogP contribution < -0.4 is 10.2 Å². The lowest BCUT2D eigenvalue weighted by molar-refractivity contribution is -0.910. The van der Waals surface area contributed by atoms with Gasteiger partial charge in [0.25, 0.3) is 5.91 Å². The Labute approximate surface area is 148 Å². The van der Waals surface area contributed by atoms with E-state index >= 15 is 0 Å². The van der Waals surface area contributed by atoms with Gasteiger partial charge in [0.05, 0.1) is 11.4 Å². The maximum absolute atomic E-state index is 12.9. The van der Waals surface area contributed by atoms with Crippen molar-refractivity contribution in [1.82, 2.24) is 5.32 Å². The first-order valence-electron chi connectivity index (χ1n) is 9.88. The number of carbonyl (C=O) groups is 1. The number of likely N-dealkylation sites (tertiary alicyclic amines) is 1. The Morgan fingerprint density at radius 2 is 1.92 bits per heavy atom. The lowest BCUT2D eigenvalue weighted by Crippen LogP contribution is -3.11. The summed E-state index contributed by atoms with van der Waals surface area (Å²) in [5.41, 5.74) is 0.170. The third kappa shape index (κ3) is 2.72. The number of rotatable bonds is 4. The van der Waals surface area contributed by atoms with E-state index in [1.165, 1.54) is 61.1 Å². The van der Waals surface area contributed by atoms with E-state index in [1.54, 1.807) is 0 Å². The molecule has 4 heteroatoms. The van der Waals surface area contributed by atoms with Crippen molar-refractivity contribution in [2.75, 3.05) is 13.1 Å². The van der Waals surface area contributed by atoms with E-state index in [0.29, 0.717) is 18.5 Å². The van der Waals surface area contributed by atoms with Gasteiger partial charge in [-0.15, -0.1) is 11.3 Å². The Morgan fingerprint density at radius 3 is 2.54 bits per heavy atom. The van der Waals surface area contributed by atoms with Crippen molar-refractivity contribution in [3.05, 3.63) is 22.4 Å². The predicted octanol–water partition coefficient (Wildman–Crippen LogP) is 2.55. The van der Waals surface area contributed by atoms with Gasteiger partial charge in [0.1, 0.15) is 6.04 Å². The number of thiophene rings is 1. The van der Waals surface area contributed by atoms with E-state index in [2.05, 4.69) is 22.8 Å². The lowest BCUT2D eigenvalue weighted by atomic mass is 9.53. The molecule has 1 saturated heterocycles. The molecule has 24 heavy (non-hydrogen) atoms. The van der Waals surface area contributed by atoms with E-state index in [9.17, 15) is 4.79 Å². The van der Waals surface area contributed by atoms with Gasteiger partial charge < -0.3 is 10.2 Å². The summed E-state index contributed by atoms with van der Waals surface area (Å²) in [6, 6.07) is 4.94. The topological polar surface area (TPSA) is 33.5 Å². The summed E-state index contributed by atoms with van der Waals surface area (Å²) < 4.78 is 0. The molecule has 1 amide bonds. The smallest absolute Gasteiger partial charge is 0.275 e. The first kappa shape index (κ1) is 15.4. The van der Waals surface area contributed by atoms with Crippen LogP contribution in [0.15, 0.2) is 17.5 Å². The average Bonchev–Trinajstić information content (AvgIpc) is 3.15. The zero-order valence-electron chi connectivity index (χ0n) is 14.4. The van der Waals surface area contributed by atoms with Crippen LogP contribution in [-0.2, 0) is 4.79 Å². The highest BCUT2D eigenvalue weighted by molar-refractivity contribution is 7.10. The Balaban J connectivity index is 1.25. The molecule has 6 rings (SSSR count). The van der Waals surface area contributed by atoms with Crippen LogP contribution in [0.2, 0.25) is 0 Å². The van der Waals surface area contributed by atoms with Gasteiger partial charge in [0, 0.05) is 18.4 Å². The molecule has 4 bridgehead atoms. The summed E-state index contributed by atoms with van der Waals surface area (Å²) >= 11 is 1.85. The molecule has 0 spiro atoms. The second-order valence-electron chi connectivity index (χ2n) is 9.04. The molecule has 130 valence electrons. The summed E-state index contributed by atoms with van der Waals surface area (Å²) in [5, 5.41) is 5.73. The van der Waals surface area contributed by atoms with E-state index in [-0.39, 0.29) is 5.54 Å². The van der Waals surface area contributed by atoms with Gasteiger partial charge in [-0.1, -0.05) is 6.07 Å². The molecular formula is C20H29N2OS+. The standard InChI is InChI=1S/C20H28N2OS/c23-19(13-22-5-1-3-17(22)18-4-2-6-24-18)21-20-10-14-7-15(11-20)9-16(8-14)12-20/h2,4,6,14-17H,1,3,5,7-13H2,(H,21,23)/p+1/t14?,15?,16?,17-,20?/m1/s1. The normalized spacial score (nSPS) is 43.2. The van der Waals surface area contributed by atoms with Crippen LogP contribution in [0.1, 0.15) is 62.3 Å². The molecule has 0 radical (unpaired) electrons. The van der Waals surface area contributed by atoms with E-state index in [4.69, 9.17) is 0 Å². The highest BCUT2D eigenvalue weighted by Gasteiger charge is 2.51. The fourth-order valence-electron chi connectivity index (χ4n) is 6.77. The Morgan fingerprint density at radius 1 is 1.21 bits per heavy atom. The quantitative estimate of drug-likeness (QED) is 0.864. The minimum Gasteiger partial charge on any atom is -0.346 e. The summed E-state index contributed by atoms with van der Waals surface area (Å²) in [7, 11) is 0. The molecule has 4 saturated carbocycles. The summed E-state index contributed by atoms with van der Waals surface area (Å²) in [4.78, 5) is 15.8. The first-order chi connectivity index (χ1) is 11.7. The molecule has 2 N–H and O–H groups in total. The highest BCUT2D eigenvalue weighted by Crippen LogP contribution is 2.55. The van der Waals surface area contributed by atoms with Crippen LogP contribution in [0.4, 0.5) is 0 Å². The summed E-state index contributed by atoms with van der Waals surface area (Å²) in [5.74, 6) is 3.01. The SMILES string of the molecule is O=C(C[NH+]1CCC[C@@H]1c1cccs1)NC12CC3CC(CC(C3)C1)C2. The monoisotopic (exact) mass is 345 g/mol. The molecule has 4 aliphatic carbocycles. The van der Waals surface area contributed by atoms with Crippen molar-refractivity contribution in [3.63, 3.8) is 0 Å². The maximum atomic E-state index is 12.9. The van der Waals surface area contributed by atoms with Crippen LogP contribution in [-0.4, -0.2) is 24.5 Å². The average molecular weight is 346 g/mol. The fraction of sp³-hybridized carbons (Fsp3) is 0.750. The van der Waals surface area contributed by atoms with Crippen molar-refractivity contribution < 1.29 is 9.69 Å². The molecule has 0 aromatic carbocycles. The van der Waals surface area contributed by atoms with Gasteiger partial charge in [0.2, 0.25) is 0 Å². The van der Waals surface area contributed by atoms with Crippen LogP contribution in [0.5, 0.6) is 0 Å². The van der Waals surface area contributed by atoms with E-state index in [0.717, 1.165) is 24.3 Å². The van der Waals surface area contributed by atoms with Gasteiger partial charge in [-0.05, 0) is 67.7 Å². The van der Waals surface area contributed by atoms with Crippen LogP contribution in [0.25, 0.3) is 0 Å². The zero-order chi connectivity index (χ0) is 16.1.